The lowest BCUT2D eigenvalue weighted by atomic mass is 9.89. The van der Waals surface area contributed by atoms with Crippen molar-refractivity contribution in [3.63, 3.8) is 0 Å². The number of likely N-dealkylation sites (tertiary alicyclic amines) is 1. The van der Waals surface area contributed by atoms with Crippen molar-refractivity contribution in [1.29, 1.82) is 0 Å². The fraction of sp³-hybridized carbons (Fsp3) is 0.923. The standard InChI is InChI=1S/C13H26N2OS/c1-4-16-11-5-8-15(9-6-11)10-7-13(2,3)12(14)17/h11H,4-10H2,1-3H3,(H2,14,17). The van der Waals surface area contributed by atoms with E-state index < -0.39 is 0 Å². The zero-order chi connectivity index (χ0) is 12.9. The number of ether oxygens (including phenoxy) is 1. The van der Waals surface area contributed by atoms with Crippen molar-refractivity contribution in [2.24, 2.45) is 11.1 Å². The Morgan fingerprint density at radius 3 is 2.47 bits per heavy atom. The van der Waals surface area contributed by atoms with E-state index in [-0.39, 0.29) is 5.41 Å². The van der Waals surface area contributed by atoms with Crippen molar-refractivity contribution >= 4 is 17.2 Å². The molecular weight excluding hydrogens is 232 g/mol. The maximum atomic E-state index is 5.74. The van der Waals surface area contributed by atoms with Gasteiger partial charge in [0.05, 0.1) is 11.1 Å². The van der Waals surface area contributed by atoms with Crippen LogP contribution in [-0.4, -0.2) is 42.2 Å². The third-order valence-electron chi connectivity index (χ3n) is 3.66. The van der Waals surface area contributed by atoms with Crippen LogP contribution in [0.4, 0.5) is 0 Å². The molecule has 3 nitrogen and oxygen atoms in total. The summed E-state index contributed by atoms with van der Waals surface area (Å²) < 4.78 is 5.65. The number of hydrogen-bond donors (Lipinski definition) is 1. The molecule has 1 fully saturated rings. The number of nitrogens with zero attached hydrogens (tertiary/aromatic N) is 1. The molecule has 0 radical (unpaired) electrons. The molecule has 0 spiro atoms. The molecule has 0 aromatic heterocycles. The first-order valence-corrected chi connectivity index (χ1v) is 7.00. The van der Waals surface area contributed by atoms with E-state index in [1.54, 1.807) is 0 Å². The molecule has 1 rings (SSSR count). The number of rotatable bonds is 6. The normalized spacial score (nSPS) is 19.5. The fourth-order valence-electron chi connectivity index (χ4n) is 2.10. The fourth-order valence-corrected chi connectivity index (χ4v) is 2.20. The maximum Gasteiger partial charge on any atom is 0.0784 e. The predicted molar refractivity (Wildman–Crippen MR) is 76.3 cm³/mol. The molecule has 0 bridgehead atoms. The Bertz CT molecular complexity index is 248. The molecule has 1 saturated heterocycles. The van der Waals surface area contributed by atoms with Crippen LogP contribution in [0.5, 0.6) is 0 Å². The van der Waals surface area contributed by atoms with Crippen LogP contribution in [0, 0.1) is 5.41 Å². The Morgan fingerprint density at radius 2 is 2.00 bits per heavy atom. The summed E-state index contributed by atoms with van der Waals surface area (Å²) in [6.07, 6.45) is 3.82. The topological polar surface area (TPSA) is 38.5 Å². The molecule has 0 aromatic carbocycles. The van der Waals surface area contributed by atoms with E-state index >= 15 is 0 Å². The lowest BCUT2D eigenvalue weighted by molar-refractivity contribution is 0.0130. The lowest BCUT2D eigenvalue weighted by Gasteiger charge is -2.34. The molecule has 100 valence electrons. The van der Waals surface area contributed by atoms with Gasteiger partial charge in [-0.25, -0.2) is 0 Å². The summed E-state index contributed by atoms with van der Waals surface area (Å²) in [6.45, 7) is 10.5. The van der Waals surface area contributed by atoms with Crippen molar-refractivity contribution in [2.75, 3.05) is 26.2 Å². The number of nitrogens with two attached hydrogens (primary N) is 1. The third-order valence-corrected chi connectivity index (χ3v) is 4.21. The summed E-state index contributed by atoms with van der Waals surface area (Å²) in [5, 5.41) is 0. The predicted octanol–water partition coefficient (Wildman–Crippen LogP) is 2.19. The summed E-state index contributed by atoms with van der Waals surface area (Å²) in [4.78, 5) is 3.12. The van der Waals surface area contributed by atoms with E-state index in [0.29, 0.717) is 11.1 Å². The van der Waals surface area contributed by atoms with Gasteiger partial charge >= 0.3 is 0 Å². The number of piperidine rings is 1. The van der Waals surface area contributed by atoms with Crippen LogP contribution >= 0.6 is 12.2 Å². The molecule has 0 unspecified atom stereocenters. The van der Waals surface area contributed by atoms with Gasteiger partial charge in [-0.05, 0) is 32.7 Å². The van der Waals surface area contributed by atoms with E-state index in [2.05, 4.69) is 25.7 Å². The van der Waals surface area contributed by atoms with Gasteiger partial charge in [-0.3, -0.25) is 0 Å². The molecule has 2 N–H and O–H groups in total. The Kier molecular flexibility index (Phi) is 5.83. The van der Waals surface area contributed by atoms with Crippen LogP contribution in [0.3, 0.4) is 0 Å². The van der Waals surface area contributed by atoms with Crippen LogP contribution in [0.15, 0.2) is 0 Å². The summed E-state index contributed by atoms with van der Waals surface area (Å²) in [6, 6.07) is 0. The Balaban J connectivity index is 2.25. The van der Waals surface area contributed by atoms with Gasteiger partial charge in [0.1, 0.15) is 0 Å². The molecule has 1 aliphatic heterocycles. The Morgan fingerprint density at radius 1 is 1.41 bits per heavy atom. The molecule has 4 heteroatoms. The smallest absolute Gasteiger partial charge is 0.0784 e. The first-order chi connectivity index (χ1) is 7.95. The second-order valence-corrected chi connectivity index (χ2v) is 5.93. The molecule has 0 aliphatic carbocycles. The third kappa shape index (κ3) is 4.90. The zero-order valence-corrected chi connectivity index (χ0v) is 12.2. The van der Waals surface area contributed by atoms with Crippen LogP contribution in [-0.2, 0) is 4.74 Å². The number of hydrogen-bond acceptors (Lipinski definition) is 3. The minimum atomic E-state index is -0.0217. The van der Waals surface area contributed by atoms with Gasteiger partial charge in [0.25, 0.3) is 0 Å². The SMILES string of the molecule is CCOC1CCN(CCC(C)(C)C(N)=S)CC1. The summed E-state index contributed by atoms with van der Waals surface area (Å²) >= 11 is 5.09. The van der Waals surface area contributed by atoms with Crippen LogP contribution in [0.25, 0.3) is 0 Å². The van der Waals surface area contributed by atoms with Gasteiger partial charge in [0.2, 0.25) is 0 Å². The van der Waals surface area contributed by atoms with E-state index in [0.717, 1.165) is 45.5 Å². The van der Waals surface area contributed by atoms with Crippen molar-refractivity contribution in [2.45, 2.75) is 46.1 Å². The van der Waals surface area contributed by atoms with Crippen LogP contribution < -0.4 is 5.73 Å². The highest BCUT2D eigenvalue weighted by Crippen LogP contribution is 2.22. The lowest BCUT2D eigenvalue weighted by Crippen LogP contribution is -2.40. The van der Waals surface area contributed by atoms with Gasteiger partial charge < -0.3 is 15.4 Å². The molecule has 0 amide bonds. The monoisotopic (exact) mass is 258 g/mol. The van der Waals surface area contributed by atoms with Crippen molar-refractivity contribution in [1.82, 2.24) is 4.90 Å². The first kappa shape index (κ1) is 14.9. The van der Waals surface area contributed by atoms with Gasteiger partial charge in [-0.2, -0.15) is 0 Å². The van der Waals surface area contributed by atoms with Crippen molar-refractivity contribution in [3.8, 4) is 0 Å². The Labute approximate surface area is 111 Å². The second-order valence-electron chi connectivity index (χ2n) is 5.49. The van der Waals surface area contributed by atoms with Crippen molar-refractivity contribution < 1.29 is 4.74 Å². The molecule has 0 saturated carbocycles. The summed E-state index contributed by atoms with van der Waals surface area (Å²) in [5.41, 5.74) is 5.72. The second kappa shape index (κ2) is 6.66. The van der Waals surface area contributed by atoms with Crippen molar-refractivity contribution in [3.05, 3.63) is 0 Å². The Hall–Kier alpha value is -0.190. The minimum Gasteiger partial charge on any atom is -0.393 e. The van der Waals surface area contributed by atoms with Crippen LogP contribution in [0.2, 0.25) is 0 Å². The highest BCUT2D eigenvalue weighted by Gasteiger charge is 2.24. The van der Waals surface area contributed by atoms with Gasteiger partial charge in [0, 0.05) is 25.1 Å². The average molecular weight is 258 g/mol. The molecular formula is C13H26N2OS. The molecule has 1 aliphatic rings. The summed E-state index contributed by atoms with van der Waals surface area (Å²) in [5.74, 6) is 0. The minimum absolute atomic E-state index is 0.0217. The van der Waals surface area contributed by atoms with Gasteiger partial charge in [-0.15, -0.1) is 0 Å². The maximum absolute atomic E-state index is 5.74. The zero-order valence-electron chi connectivity index (χ0n) is 11.4. The highest BCUT2D eigenvalue weighted by molar-refractivity contribution is 7.80. The molecule has 17 heavy (non-hydrogen) atoms. The average Bonchev–Trinajstić information content (AvgIpc) is 2.28. The highest BCUT2D eigenvalue weighted by atomic mass is 32.1. The van der Waals surface area contributed by atoms with E-state index in [1.807, 2.05) is 0 Å². The summed E-state index contributed by atoms with van der Waals surface area (Å²) in [7, 11) is 0. The van der Waals surface area contributed by atoms with Gasteiger partial charge in [-0.1, -0.05) is 26.1 Å². The van der Waals surface area contributed by atoms with E-state index in [4.69, 9.17) is 22.7 Å². The molecule has 0 atom stereocenters. The molecule has 1 heterocycles. The van der Waals surface area contributed by atoms with Gasteiger partial charge in [0.15, 0.2) is 0 Å². The quantitative estimate of drug-likeness (QED) is 0.741. The van der Waals surface area contributed by atoms with Crippen LogP contribution in [0.1, 0.15) is 40.0 Å². The van der Waals surface area contributed by atoms with E-state index in [9.17, 15) is 0 Å². The first-order valence-electron chi connectivity index (χ1n) is 6.59. The number of thiocarbonyl (C=S) groups is 1. The largest absolute Gasteiger partial charge is 0.393 e. The molecule has 0 aromatic rings. The van der Waals surface area contributed by atoms with E-state index in [1.165, 1.54) is 0 Å².